The van der Waals surface area contributed by atoms with E-state index in [0.29, 0.717) is 0 Å². The Morgan fingerprint density at radius 3 is 2.50 bits per heavy atom. The Morgan fingerprint density at radius 1 is 1.25 bits per heavy atom. The molecule has 2 nitrogen and oxygen atoms in total. The van der Waals surface area contributed by atoms with E-state index in [1.807, 2.05) is 0 Å². The molecule has 0 amide bonds. The third kappa shape index (κ3) is 3.60. The molecule has 2 aliphatic rings. The summed E-state index contributed by atoms with van der Waals surface area (Å²) in [6, 6.07) is 0.887. The average molecular weight is 222 g/mol. The first-order chi connectivity index (χ1) is 7.79. The minimum Gasteiger partial charge on any atom is -0.317 e. The lowest BCUT2D eigenvalue weighted by Gasteiger charge is -2.30. The highest BCUT2D eigenvalue weighted by molar-refractivity contribution is 5.00. The number of piperidine rings is 1. The molecule has 0 radical (unpaired) electrons. The Morgan fingerprint density at radius 2 is 1.94 bits per heavy atom. The van der Waals surface area contributed by atoms with Crippen molar-refractivity contribution in [1.29, 1.82) is 0 Å². The first kappa shape index (κ1) is 12.1. The van der Waals surface area contributed by atoms with E-state index in [9.17, 15) is 0 Å². The number of hydrogen-bond donors (Lipinski definition) is 1. The van der Waals surface area contributed by atoms with E-state index in [-0.39, 0.29) is 0 Å². The molecule has 1 saturated carbocycles. The van der Waals surface area contributed by atoms with Gasteiger partial charge in [-0.25, -0.2) is 0 Å². The van der Waals surface area contributed by atoms with Crippen LogP contribution < -0.4 is 5.32 Å². The van der Waals surface area contributed by atoms with E-state index in [4.69, 9.17) is 0 Å². The van der Waals surface area contributed by atoms with Crippen LogP contribution in [-0.2, 0) is 0 Å². The van der Waals surface area contributed by atoms with E-state index in [1.54, 1.807) is 0 Å². The van der Waals surface area contributed by atoms with E-state index < -0.39 is 0 Å². The van der Waals surface area contributed by atoms with Crippen LogP contribution in [-0.4, -0.2) is 37.1 Å². The molecule has 2 fully saturated rings. The first-order valence-corrected chi connectivity index (χ1v) is 6.91. The Bertz CT molecular complexity index is 227. The summed E-state index contributed by atoms with van der Waals surface area (Å²) >= 11 is 0. The molecule has 2 heteroatoms. The van der Waals surface area contributed by atoms with Gasteiger partial charge in [-0.05, 0) is 51.1 Å². The Kier molecular flexibility index (Phi) is 4.42. The molecule has 1 aliphatic carbocycles. The smallest absolute Gasteiger partial charge is 0.0193 e. The quantitative estimate of drug-likeness (QED) is 0.694. The Balaban J connectivity index is 1.79. The standard InChI is InChI=1S/C14H26N2/c1-3-12(2)10-16(14-4-5-14)11-13-6-8-15-9-7-13/h13-15H,2-11H2,1H3. The van der Waals surface area contributed by atoms with Crippen molar-refractivity contribution in [3.63, 3.8) is 0 Å². The molecular formula is C14H26N2. The first-order valence-electron chi connectivity index (χ1n) is 6.91. The molecular weight excluding hydrogens is 196 g/mol. The molecule has 0 aromatic rings. The van der Waals surface area contributed by atoms with Crippen molar-refractivity contribution < 1.29 is 0 Å². The minimum absolute atomic E-state index is 0.887. The van der Waals surface area contributed by atoms with Gasteiger partial charge in [0, 0.05) is 19.1 Å². The lowest BCUT2D eigenvalue weighted by atomic mass is 9.97. The van der Waals surface area contributed by atoms with Gasteiger partial charge in [0.15, 0.2) is 0 Å². The third-order valence-corrected chi connectivity index (χ3v) is 3.94. The van der Waals surface area contributed by atoms with Crippen molar-refractivity contribution in [2.45, 2.75) is 45.1 Å². The second kappa shape index (κ2) is 5.83. The van der Waals surface area contributed by atoms with Crippen molar-refractivity contribution >= 4 is 0 Å². The van der Waals surface area contributed by atoms with Gasteiger partial charge in [0.05, 0.1) is 0 Å². The lowest BCUT2D eigenvalue weighted by Crippen LogP contribution is -2.38. The zero-order chi connectivity index (χ0) is 11.4. The molecule has 0 bridgehead atoms. The summed E-state index contributed by atoms with van der Waals surface area (Å²) < 4.78 is 0. The van der Waals surface area contributed by atoms with Gasteiger partial charge in [-0.3, -0.25) is 4.90 Å². The topological polar surface area (TPSA) is 15.3 Å². The van der Waals surface area contributed by atoms with Gasteiger partial charge in [0.1, 0.15) is 0 Å². The van der Waals surface area contributed by atoms with E-state index in [2.05, 4.69) is 23.7 Å². The molecule has 1 N–H and O–H groups in total. The summed E-state index contributed by atoms with van der Waals surface area (Å²) in [5.41, 5.74) is 1.40. The van der Waals surface area contributed by atoms with Crippen molar-refractivity contribution in [3.8, 4) is 0 Å². The van der Waals surface area contributed by atoms with Gasteiger partial charge in [-0.1, -0.05) is 19.1 Å². The normalized spacial score (nSPS) is 22.6. The molecule has 0 aromatic heterocycles. The lowest BCUT2D eigenvalue weighted by molar-refractivity contribution is 0.210. The maximum atomic E-state index is 4.16. The van der Waals surface area contributed by atoms with Crippen molar-refractivity contribution in [3.05, 3.63) is 12.2 Å². The van der Waals surface area contributed by atoms with E-state index in [0.717, 1.165) is 24.9 Å². The molecule has 1 heterocycles. The fourth-order valence-electron chi connectivity index (χ4n) is 2.58. The van der Waals surface area contributed by atoms with Crippen LogP contribution in [0, 0.1) is 5.92 Å². The predicted octanol–water partition coefficient (Wildman–Crippen LogP) is 2.42. The molecule has 1 saturated heterocycles. The van der Waals surface area contributed by atoms with E-state index >= 15 is 0 Å². The molecule has 92 valence electrons. The molecule has 0 spiro atoms. The summed E-state index contributed by atoms with van der Waals surface area (Å²) in [4.78, 5) is 2.70. The van der Waals surface area contributed by atoms with Crippen LogP contribution in [0.25, 0.3) is 0 Å². The van der Waals surface area contributed by atoms with Crippen LogP contribution in [0.1, 0.15) is 39.0 Å². The molecule has 2 rings (SSSR count). The highest BCUT2D eigenvalue weighted by atomic mass is 15.2. The van der Waals surface area contributed by atoms with Crippen molar-refractivity contribution in [1.82, 2.24) is 10.2 Å². The minimum atomic E-state index is 0.887. The fourth-order valence-corrected chi connectivity index (χ4v) is 2.58. The van der Waals surface area contributed by atoms with Crippen LogP contribution in [0.2, 0.25) is 0 Å². The van der Waals surface area contributed by atoms with Crippen LogP contribution >= 0.6 is 0 Å². The highest BCUT2D eigenvalue weighted by Crippen LogP contribution is 2.29. The monoisotopic (exact) mass is 222 g/mol. The van der Waals surface area contributed by atoms with E-state index in [1.165, 1.54) is 50.9 Å². The Hall–Kier alpha value is -0.340. The predicted molar refractivity (Wildman–Crippen MR) is 69.6 cm³/mol. The van der Waals surface area contributed by atoms with Crippen LogP contribution in [0.5, 0.6) is 0 Å². The average Bonchev–Trinajstić information content (AvgIpc) is 3.13. The van der Waals surface area contributed by atoms with Gasteiger partial charge < -0.3 is 5.32 Å². The summed E-state index contributed by atoms with van der Waals surface area (Å²) in [7, 11) is 0. The largest absolute Gasteiger partial charge is 0.317 e. The fraction of sp³-hybridized carbons (Fsp3) is 0.857. The highest BCUT2D eigenvalue weighted by Gasteiger charge is 2.30. The van der Waals surface area contributed by atoms with Gasteiger partial charge in [-0.2, -0.15) is 0 Å². The zero-order valence-corrected chi connectivity index (χ0v) is 10.7. The Labute approximate surface area is 100 Å². The third-order valence-electron chi connectivity index (χ3n) is 3.94. The molecule has 16 heavy (non-hydrogen) atoms. The molecule has 0 aromatic carbocycles. The number of rotatable bonds is 6. The number of nitrogens with zero attached hydrogens (tertiary/aromatic N) is 1. The van der Waals surface area contributed by atoms with Crippen molar-refractivity contribution in [2.75, 3.05) is 26.2 Å². The van der Waals surface area contributed by atoms with Gasteiger partial charge in [0.2, 0.25) is 0 Å². The van der Waals surface area contributed by atoms with Gasteiger partial charge >= 0.3 is 0 Å². The maximum absolute atomic E-state index is 4.16. The SMILES string of the molecule is C=C(CC)CN(CC1CCNCC1)C1CC1. The van der Waals surface area contributed by atoms with Crippen LogP contribution in [0.3, 0.4) is 0 Å². The molecule has 1 aliphatic heterocycles. The second-order valence-electron chi connectivity index (χ2n) is 5.46. The molecule has 0 atom stereocenters. The zero-order valence-electron chi connectivity index (χ0n) is 10.7. The van der Waals surface area contributed by atoms with Gasteiger partial charge in [-0.15, -0.1) is 0 Å². The summed E-state index contributed by atoms with van der Waals surface area (Å²) in [6.45, 7) is 11.3. The second-order valence-corrected chi connectivity index (χ2v) is 5.46. The van der Waals surface area contributed by atoms with Crippen molar-refractivity contribution in [2.24, 2.45) is 5.92 Å². The van der Waals surface area contributed by atoms with Gasteiger partial charge in [0.25, 0.3) is 0 Å². The summed E-state index contributed by atoms with van der Waals surface area (Å²) in [5.74, 6) is 0.923. The maximum Gasteiger partial charge on any atom is 0.0193 e. The van der Waals surface area contributed by atoms with Crippen LogP contribution in [0.15, 0.2) is 12.2 Å². The summed E-state index contributed by atoms with van der Waals surface area (Å²) in [5, 5.41) is 3.45. The molecule has 0 unspecified atom stereocenters. The van der Waals surface area contributed by atoms with Crippen LogP contribution in [0.4, 0.5) is 0 Å². The number of nitrogens with one attached hydrogen (secondary N) is 1. The number of hydrogen-bond acceptors (Lipinski definition) is 2. The summed E-state index contributed by atoms with van der Waals surface area (Å²) in [6.07, 6.45) is 6.70.